The minimum Gasteiger partial charge on any atom is -0.439 e. The van der Waals surface area contributed by atoms with Gasteiger partial charge in [-0.15, -0.1) is 0 Å². The van der Waals surface area contributed by atoms with Crippen molar-refractivity contribution in [1.29, 1.82) is 0 Å². The Bertz CT molecular complexity index is 969. The van der Waals surface area contributed by atoms with E-state index >= 15 is 0 Å². The van der Waals surface area contributed by atoms with Gasteiger partial charge in [0.25, 0.3) is 0 Å². The van der Waals surface area contributed by atoms with Gasteiger partial charge in [-0.2, -0.15) is 0 Å². The van der Waals surface area contributed by atoms with Gasteiger partial charge in [0.1, 0.15) is 5.75 Å². The van der Waals surface area contributed by atoms with E-state index in [0.29, 0.717) is 5.88 Å². The fourth-order valence-corrected chi connectivity index (χ4v) is 2.66. The maximum Gasteiger partial charge on any atom is 0.219 e. The highest BCUT2D eigenvalue weighted by molar-refractivity contribution is 5.72. The van der Waals surface area contributed by atoms with E-state index in [1.807, 2.05) is 66.9 Å². The molecule has 0 radical (unpaired) electrons. The number of pyridine rings is 2. The van der Waals surface area contributed by atoms with Gasteiger partial charge < -0.3 is 4.74 Å². The molecule has 0 saturated carbocycles. The number of hydrogen-bond donors (Lipinski definition) is 0. The van der Waals surface area contributed by atoms with Gasteiger partial charge in [-0.1, -0.05) is 42.5 Å². The van der Waals surface area contributed by atoms with Crippen LogP contribution in [-0.4, -0.2) is 9.97 Å². The van der Waals surface area contributed by atoms with Gasteiger partial charge in [-0.3, -0.25) is 4.98 Å². The molecule has 2 aromatic carbocycles. The Morgan fingerprint density at radius 2 is 1.28 bits per heavy atom. The Morgan fingerprint density at radius 1 is 0.560 bits per heavy atom. The van der Waals surface area contributed by atoms with Gasteiger partial charge >= 0.3 is 0 Å². The molecule has 25 heavy (non-hydrogen) atoms. The van der Waals surface area contributed by atoms with E-state index in [0.717, 1.165) is 28.1 Å². The molecule has 2 aromatic heterocycles. The van der Waals surface area contributed by atoms with Crippen molar-refractivity contribution < 1.29 is 4.74 Å². The first-order valence-corrected chi connectivity index (χ1v) is 8.09. The van der Waals surface area contributed by atoms with Crippen LogP contribution < -0.4 is 4.74 Å². The lowest BCUT2D eigenvalue weighted by Gasteiger charge is -2.08. The molecular weight excluding hydrogens is 308 g/mol. The summed E-state index contributed by atoms with van der Waals surface area (Å²) in [5, 5.41) is 0. The topological polar surface area (TPSA) is 35.0 Å². The maximum absolute atomic E-state index is 5.83. The van der Waals surface area contributed by atoms with E-state index in [1.54, 1.807) is 6.20 Å². The zero-order chi connectivity index (χ0) is 16.9. The van der Waals surface area contributed by atoms with Crippen molar-refractivity contribution in [3.63, 3.8) is 0 Å². The monoisotopic (exact) mass is 324 g/mol. The Morgan fingerprint density at radius 3 is 2.04 bits per heavy atom. The third-order valence-corrected chi connectivity index (χ3v) is 3.85. The second-order valence-electron chi connectivity index (χ2n) is 5.59. The van der Waals surface area contributed by atoms with Crippen LogP contribution in [-0.2, 0) is 0 Å². The molecule has 0 spiro atoms. The number of hydrogen-bond acceptors (Lipinski definition) is 3. The van der Waals surface area contributed by atoms with Crippen LogP contribution >= 0.6 is 0 Å². The largest absolute Gasteiger partial charge is 0.439 e. The van der Waals surface area contributed by atoms with E-state index in [2.05, 4.69) is 34.2 Å². The smallest absolute Gasteiger partial charge is 0.219 e. The Hall–Kier alpha value is -3.46. The van der Waals surface area contributed by atoms with Crippen molar-refractivity contribution in [2.24, 2.45) is 0 Å². The predicted octanol–water partition coefficient (Wildman–Crippen LogP) is 5.60. The highest BCUT2D eigenvalue weighted by Gasteiger charge is 2.04. The molecule has 2 heterocycles. The van der Waals surface area contributed by atoms with Crippen molar-refractivity contribution in [3.05, 3.63) is 97.3 Å². The van der Waals surface area contributed by atoms with E-state index in [9.17, 15) is 0 Å². The van der Waals surface area contributed by atoms with E-state index in [-0.39, 0.29) is 0 Å². The van der Waals surface area contributed by atoms with Crippen LogP contribution in [0.15, 0.2) is 97.3 Å². The number of nitrogens with zero attached hydrogens (tertiary/aromatic N) is 2. The second-order valence-corrected chi connectivity index (χ2v) is 5.59. The SMILES string of the molecule is c1ccc(Oc2cccc(-c3cccc(-c4ccccn4)c3)c2)nc1. The fourth-order valence-electron chi connectivity index (χ4n) is 2.66. The molecule has 4 rings (SSSR count). The molecule has 0 saturated heterocycles. The summed E-state index contributed by atoms with van der Waals surface area (Å²) in [6.07, 6.45) is 3.53. The minimum absolute atomic E-state index is 0.585. The van der Waals surface area contributed by atoms with Crippen LogP contribution in [0.3, 0.4) is 0 Å². The van der Waals surface area contributed by atoms with Crippen molar-refractivity contribution in [1.82, 2.24) is 9.97 Å². The molecule has 0 aliphatic carbocycles. The lowest BCUT2D eigenvalue weighted by atomic mass is 10.0. The van der Waals surface area contributed by atoms with Crippen LogP contribution in [0.2, 0.25) is 0 Å². The van der Waals surface area contributed by atoms with Gasteiger partial charge in [0, 0.05) is 24.0 Å². The van der Waals surface area contributed by atoms with Crippen LogP contribution in [0.5, 0.6) is 11.6 Å². The molecule has 0 aliphatic rings. The first kappa shape index (κ1) is 15.1. The van der Waals surface area contributed by atoms with Crippen molar-refractivity contribution in [3.8, 4) is 34.0 Å². The summed E-state index contributed by atoms with van der Waals surface area (Å²) in [6, 6.07) is 27.9. The summed E-state index contributed by atoms with van der Waals surface area (Å²) >= 11 is 0. The van der Waals surface area contributed by atoms with Gasteiger partial charge in [-0.25, -0.2) is 4.98 Å². The third-order valence-electron chi connectivity index (χ3n) is 3.85. The summed E-state index contributed by atoms with van der Waals surface area (Å²) in [4.78, 5) is 8.62. The number of ether oxygens (including phenoxy) is 1. The van der Waals surface area contributed by atoms with Gasteiger partial charge in [0.15, 0.2) is 0 Å². The molecule has 3 heteroatoms. The average Bonchev–Trinajstić information content (AvgIpc) is 2.70. The van der Waals surface area contributed by atoms with Crippen LogP contribution in [0.25, 0.3) is 22.4 Å². The van der Waals surface area contributed by atoms with E-state index in [1.165, 1.54) is 0 Å². The van der Waals surface area contributed by atoms with Crippen LogP contribution in [0, 0.1) is 0 Å². The van der Waals surface area contributed by atoms with Crippen molar-refractivity contribution in [2.75, 3.05) is 0 Å². The lowest BCUT2D eigenvalue weighted by Crippen LogP contribution is -1.88. The summed E-state index contributed by atoms with van der Waals surface area (Å²) in [6.45, 7) is 0. The summed E-state index contributed by atoms with van der Waals surface area (Å²) in [5.74, 6) is 1.35. The highest BCUT2D eigenvalue weighted by atomic mass is 16.5. The normalized spacial score (nSPS) is 10.4. The van der Waals surface area contributed by atoms with Crippen LogP contribution in [0.4, 0.5) is 0 Å². The molecule has 0 unspecified atom stereocenters. The zero-order valence-electron chi connectivity index (χ0n) is 13.5. The molecule has 0 amide bonds. The zero-order valence-corrected chi connectivity index (χ0v) is 13.5. The highest BCUT2D eigenvalue weighted by Crippen LogP contribution is 2.29. The fraction of sp³-hybridized carbons (Fsp3) is 0. The Labute approximate surface area is 146 Å². The van der Waals surface area contributed by atoms with E-state index in [4.69, 9.17) is 4.74 Å². The molecule has 0 atom stereocenters. The molecule has 120 valence electrons. The summed E-state index contributed by atoms with van der Waals surface area (Å²) in [5.41, 5.74) is 4.26. The lowest BCUT2D eigenvalue weighted by molar-refractivity contribution is 0.463. The Kier molecular flexibility index (Phi) is 4.21. The molecule has 0 N–H and O–H groups in total. The molecule has 0 fully saturated rings. The standard InChI is InChI=1S/C22H16N2O/c1-3-13-23-21(11-1)19-9-5-7-17(15-19)18-8-6-10-20(16-18)25-22-12-2-4-14-24-22/h1-16H. The Balaban J connectivity index is 1.65. The minimum atomic E-state index is 0.585. The first-order valence-electron chi connectivity index (χ1n) is 8.09. The molecule has 4 aromatic rings. The third kappa shape index (κ3) is 3.56. The number of aromatic nitrogens is 2. The van der Waals surface area contributed by atoms with Gasteiger partial charge in [-0.05, 0) is 47.5 Å². The predicted molar refractivity (Wildman–Crippen MR) is 99.4 cm³/mol. The average molecular weight is 324 g/mol. The van der Waals surface area contributed by atoms with Gasteiger partial charge in [0.2, 0.25) is 5.88 Å². The summed E-state index contributed by atoms with van der Waals surface area (Å²) < 4.78 is 5.83. The maximum atomic E-state index is 5.83. The van der Waals surface area contributed by atoms with Crippen molar-refractivity contribution in [2.45, 2.75) is 0 Å². The number of rotatable bonds is 4. The van der Waals surface area contributed by atoms with E-state index < -0.39 is 0 Å². The summed E-state index contributed by atoms with van der Waals surface area (Å²) in [7, 11) is 0. The second kappa shape index (κ2) is 6.97. The first-order chi connectivity index (χ1) is 12.4. The quantitative estimate of drug-likeness (QED) is 0.490. The van der Waals surface area contributed by atoms with Gasteiger partial charge in [0.05, 0.1) is 5.69 Å². The molecule has 3 nitrogen and oxygen atoms in total. The number of benzene rings is 2. The molecule has 0 bridgehead atoms. The molecular formula is C22H16N2O. The van der Waals surface area contributed by atoms with Crippen LogP contribution in [0.1, 0.15) is 0 Å². The van der Waals surface area contributed by atoms with Crippen molar-refractivity contribution >= 4 is 0 Å². The molecule has 0 aliphatic heterocycles.